The molecular formula is C24H35N3O. The molecule has 0 aromatic carbocycles. The van der Waals surface area contributed by atoms with Crippen LogP contribution in [0.3, 0.4) is 0 Å². The van der Waals surface area contributed by atoms with Gasteiger partial charge in [-0.25, -0.2) is 4.99 Å². The van der Waals surface area contributed by atoms with Gasteiger partial charge >= 0.3 is 0 Å². The third kappa shape index (κ3) is 1.93. The van der Waals surface area contributed by atoms with Crippen molar-refractivity contribution in [3.05, 3.63) is 12.3 Å². The van der Waals surface area contributed by atoms with Gasteiger partial charge in [0.15, 0.2) is 0 Å². The van der Waals surface area contributed by atoms with Gasteiger partial charge in [-0.15, -0.1) is 0 Å². The van der Waals surface area contributed by atoms with Crippen molar-refractivity contribution in [1.29, 1.82) is 0 Å². The van der Waals surface area contributed by atoms with E-state index in [2.05, 4.69) is 37.1 Å². The van der Waals surface area contributed by atoms with Gasteiger partial charge in [0.1, 0.15) is 5.84 Å². The Morgan fingerprint density at radius 1 is 1.04 bits per heavy atom. The number of aliphatic imine (C=N–C) groups is 1. The van der Waals surface area contributed by atoms with Gasteiger partial charge in [-0.2, -0.15) is 0 Å². The fourth-order valence-corrected chi connectivity index (χ4v) is 8.69. The maximum absolute atomic E-state index is 6.21. The lowest BCUT2D eigenvalue weighted by Crippen LogP contribution is -2.83. The zero-order valence-electron chi connectivity index (χ0n) is 17.7. The molecule has 4 saturated carbocycles. The Morgan fingerprint density at radius 2 is 1.75 bits per heavy atom. The van der Waals surface area contributed by atoms with Crippen LogP contribution >= 0.6 is 0 Å². The molecule has 7 fully saturated rings. The van der Waals surface area contributed by atoms with Crippen LogP contribution in [0.5, 0.6) is 0 Å². The number of fused-ring (bicyclic) bond motifs is 2. The number of nitrogens with zero attached hydrogens (tertiary/aromatic N) is 3. The number of hydrogen-bond acceptors (Lipinski definition) is 3. The first-order valence-corrected chi connectivity index (χ1v) is 11.8. The van der Waals surface area contributed by atoms with E-state index in [0.29, 0.717) is 35.2 Å². The van der Waals surface area contributed by atoms with E-state index < -0.39 is 0 Å². The number of rotatable bonds is 4. The highest BCUT2D eigenvalue weighted by molar-refractivity contribution is 5.88. The molecule has 0 aromatic rings. The Bertz CT molecular complexity index is 779. The Hall–Kier alpha value is -0.870. The van der Waals surface area contributed by atoms with Gasteiger partial charge in [0.2, 0.25) is 0 Å². The minimum absolute atomic E-state index is 0.315. The van der Waals surface area contributed by atoms with Crippen LogP contribution in [0.15, 0.2) is 17.3 Å². The maximum atomic E-state index is 6.21. The lowest BCUT2D eigenvalue weighted by Gasteiger charge is -2.72. The standard InChI is InChI=1S/C24H35N3O/c1-13(2)25-22(27-19-8-17-10-24(19)20(27)9-21(24)28-17)12-26-18(11-23(26,3)4)16-6-14-5-15(14)7-16/h14-21H,1,5-12H2,2-4H3. The second-order valence-corrected chi connectivity index (χ2v) is 11.9. The van der Waals surface area contributed by atoms with E-state index in [0.717, 1.165) is 36.0 Å². The highest BCUT2D eigenvalue weighted by Crippen LogP contribution is 2.71. The molecule has 28 heavy (non-hydrogen) atoms. The molecule has 1 spiro atoms. The molecule has 0 amide bonds. The Balaban J connectivity index is 1.14. The van der Waals surface area contributed by atoms with Crippen molar-refractivity contribution in [3.8, 4) is 0 Å². The molecule has 2 bridgehead atoms. The van der Waals surface area contributed by atoms with Gasteiger partial charge in [-0.1, -0.05) is 6.58 Å². The SMILES string of the molecule is C=C(C)N=C(CN1C(C2CC3CC3C2)CC1(C)C)N1C2CC3CC24C(CC14)O3. The first-order valence-electron chi connectivity index (χ1n) is 11.8. The molecule has 0 N–H and O–H groups in total. The monoisotopic (exact) mass is 381 g/mol. The van der Waals surface area contributed by atoms with Crippen molar-refractivity contribution in [2.45, 2.75) is 102 Å². The highest BCUT2D eigenvalue weighted by atomic mass is 16.5. The van der Waals surface area contributed by atoms with Crippen molar-refractivity contribution in [1.82, 2.24) is 9.80 Å². The summed E-state index contributed by atoms with van der Waals surface area (Å²) in [7, 11) is 0. The van der Waals surface area contributed by atoms with Crippen LogP contribution in [-0.2, 0) is 4.74 Å². The third-order valence-electron chi connectivity index (χ3n) is 10.0. The topological polar surface area (TPSA) is 28.1 Å². The van der Waals surface area contributed by atoms with Crippen LogP contribution in [0.1, 0.15) is 65.7 Å². The molecule has 4 aliphatic carbocycles. The maximum Gasteiger partial charge on any atom is 0.119 e. The van der Waals surface area contributed by atoms with Crippen LogP contribution in [0.25, 0.3) is 0 Å². The summed E-state index contributed by atoms with van der Waals surface area (Å²) in [5.74, 6) is 4.42. The summed E-state index contributed by atoms with van der Waals surface area (Å²) in [5.41, 5.74) is 1.77. The largest absolute Gasteiger partial charge is 0.374 e. The molecule has 3 aliphatic heterocycles. The van der Waals surface area contributed by atoms with Crippen molar-refractivity contribution in [2.24, 2.45) is 28.2 Å². The van der Waals surface area contributed by atoms with Gasteiger partial charge in [-0.05, 0) is 83.5 Å². The fourth-order valence-electron chi connectivity index (χ4n) is 8.69. The Morgan fingerprint density at radius 3 is 2.43 bits per heavy atom. The minimum Gasteiger partial charge on any atom is -0.374 e. The molecule has 7 aliphatic rings. The summed E-state index contributed by atoms with van der Waals surface area (Å²) in [4.78, 5) is 10.6. The van der Waals surface area contributed by atoms with Crippen LogP contribution in [-0.4, -0.2) is 58.1 Å². The Kier molecular flexibility index (Phi) is 3.05. The van der Waals surface area contributed by atoms with Crippen molar-refractivity contribution < 1.29 is 4.74 Å². The van der Waals surface area contributed by atoms with Crippen LogP contribution in [0, 0.1) is 23.2 Å². The summed E-state index contributed by atoms with van der Waals surface area (Å²) in [6.07, 6.45) is 10.7. The van der Waals surface area contributed by atoms with Gasteiger partial charge in [-0.3, -0.25) is 4.90 Å². The number of amidine groups is 1. The van der Waals surface area contributed by atoms with Crippen molar-refractivity contribution >= 4 is 5.84 Å². The number of allylic oxidation sites excluding steroid dienone is 1. The van der Waals surface area contributed by atoms with E-state index in [4.69, 9.17) is 9.73 Å². The average molecular weight is 382 g/mol. The van der Waals surface area contributed by atoms with Gasteiger partial charge in [0.05, 0.1) is 18.8 Å². The molecular weight excluding hydrogens is 346 g/mol. The summed E-state index contributed by atoms with van der Waals surface area (Å²) < 4.78 is 6.21. The number of piperidine rings is 1. The summed E-state index contributed by atoms with van der Waals surface area (Å²) in [6, 6.07) is 2.16. The zero-order chi connectivity index (χ0) is 19.0. The first kappa shape index (κ1) is 16.9. The molecule has 3 heterocycles. The van der Waals surface area contributed by atoms with Gasteiger partial charge < -0.3 is 9.64 Å². The second kappa shape index (κ2) is 5.06. The Labute approximate surface area is 169 Å². The highest BCUT2D eigenvalue weighted by Gasteiger charge is 2.79. The van der Waals surface area contributed by atoms with E-state index >= 15 is 0 Å². The molecule has 0 aromatic heterocycles. The third-order valence-corrected chi connectivity index (χ3v) is 10.0. The first-order chi connectivity index (χ1) is 13.4. The van der Waals surface area contributed by atoms with E-state index in [1.54, 1.807) is 0 Å². The van der Waals surface area contributed by atoms with Crippen LogP contribution in [0.4, 0.5) is 0 Å². The average Bonchev–Trinajstić information content (AvgIpc) is 2.98. The van der Waals surface area contributed by atoms with Crippen molar-refractivity contribution in [3.63, 3.8) is 0 Å². The van der Waals surface area contributed by atoms with Crippen LogP contribution < -0.4 is 0 Å². The predicted molar refractivity (Wildman–Crippen MR) is 110 cm³/mol. The summed E-state index contributed by atoms with van der Waals surface area (Å²) >= 11 is 0. The lowest BCUT2D eigenvalue weighted by atomic mass is 9.51. The van der Waals surface area contributed by atoms with E-state index in [9.17, 15) is 0 Å². The normalized spacial score (nSPS) is 54.5. The molecule has 3 saturated heterocycles. The number of likely N-dealkylation sites (tertiary alicyclic amines) is 2. The summed E-state index contributed by atoms with van der Waals surface area (Å²) in [6.45, 7) is 12.1. The molecule has 7 rings (SSSR count). The molecule has 152 valence electrons. The fraction of sp³-hybridized carbons (Fsp3) is 0.875. The second-order valence-electron chi connectivity index (χ2n) is 11.9. The van der Waals surface area contributed by atoms with Crippen molar-refractivity contribution in [2.75, 3.05) is 6.54 Å². The number of ether oxygens (including phenoxy) is 1. The summed E-state index contributed by atoms with van der Waals surface area (Å²) in [5, 5.41) is 0. The molecule has 8 atom stereocenters. The lowest BCUT2D eigenvalue weighted by molar-refractivity contribution is -0.241. The predicted octanol–water partition coefficient (Wildman–Crippen LogP) is 3.82. The van der Waals surface area contributed by atoms with Crippen LogP contribution in [0.2, 0.25) is 0 Å². The molecule has 4 heteroatoms. The number of hydrogen-bond donors (Lipinski definition) is 0. The smallest absolute Gasteiger partial charge is 0.119 e. The van der Waals surface area contributed by atoms with E-state index in [-0.39, 0.29) is 0 Å². The minimum atomic E-state index is 0.315. The zero-order valence-corrected chi connectivity index (χ0v) is 17.7. The van der Waals surface area contributed by atoms with E-state index in [1.807, 2.05) is 0 Å². The van der Waals surface area contributed by atoms with Gasteiger partial charge in [0, 0.05) is 34.8 Å². The quantitative estimate of drug-likeness (QED) is 0.547. The molecule has 0 radical (unpaired) electrons. The molecule has 8 unspecified atom stereocenters. The molecule has 4 nitrogen and oxygen atoms in total. The van der Waals surface area contributed by atoms with E-state index in [1.165, 1.54) is 50.8 Å². The van der Waals surface area contributed by atoms with Gasteiger partial charge in [0.25, 0.3) is 0 Å².